The van der Waals surface area contributed by atoms with Gasteiger partial charge in [0.05, 0.1) is 6.04 Å². The van der Waals surface area contributed by atoms with Crippen molar-refractivity contribution in [3.05, 3.63) is 46.2 Å². The molecule has 2 aromatic heterocycles. The molecule has 2 aromatic rings. The summed E-state index contributed by atoms with van der Waals surface area (Å²) < 4.78 is 0. The van der Waals surface area contributed by atoms with Crippen LogP contribution in [0.3, 0.4) is 0 Å². The molecule has 3 heterocycles. The maximum atomic E-state index is 12.5. The summed E-state index contributed by atoms with van der Waals surface area (Å²) in [4.78, 5) is 35.4. The number of pyridine rings is 1. The Morgan fingerprint density at radius 1 is 1.23 bits per heavy atom. The second kappa shape index (κ2) is 8.40. The standard InChI is InChI=1S/C19H24N4O2S/c1-13(2)11-15(21-17(24)14-5-7-20-8-6-14)18-22-16(12-26-18)19(25)23-9-3-4-10-23/h5-8,12-13,15H,3-4,9-11H2,1-2H3,(H,21,24)/t15-/m0/s1. The lowest BCUT2D eigenvalue weighted by Gasteiger charge is -2.19. The molecule has 1 atom stereocenters. The SMILES string of the molecule is CC(C)C[C@H](NC(=O)c1ccncc1)c1nc(C(=O)N2CCCC2)cs1. The lowest BCUT2D eigenvalue weighted by atomic mass is 10.0. The van der Waals surface area contributed by atoms with Crippen molar-refractivity contribution in [2.45, 2.75) is 39.2 Å². The minimum Gasteiger partial charge on any atom is -0.343 e. The van der Waals surface area contributed by atoms with Crippen LogP contribution in [-0.2, 0) is 0 Å². The normalized spacial score (nSPS) is 15.3. The molecule has 0 radical (unpaired) electrons. The summed E-state index contributed by atoms with van der Waals surface area (Å²) in [6.45, 7) is 5.82. The Balaban J connectivity index is 1.75. The number of nitrogens with zero attached hydrogens (tertiary/aromatic N) is 3. The van der Waals surface area contributed by atoms with Crippen LogP contribution in [0.25, 0.3) is 0 Å². The number of amides is 2. The van der Waals surface area contributed by atoms with Gasteiger partial charge in [0.1, 0.15) is 10.7 Å². The van der Waals surface area contributed by atoms with Gasteiger partial charge in [0.15, 0.2) is 0 Å². The minimum atomic E-state index is -0.208. The monoisotopic (exact) mass is 372 g/mol. The molecule has 0 aliphatic carbocycles. The Labute approximate surface area is 157 Å². The molecule has 0 unspecified atom stereocenters. The molecule has 0 bridgehead atoms. The first-order valence-electron chi connectivity index (χ1n) is 9.00. The highest BCUT2D eigenvalue weighted by Crippen LogP contribution is 2.26. The van der Waals surface area contributed by atoms with E-state index in [4.69, 9.17) is 0 Å². The number of hydrogen-bond donors (Lipinski definition) is 1. The van der Waals surface area contributed by atoms with Crippen LogP contribution in [-0.4, -0.2) is 39.8 Å². The molecule has 7 heteroatoms. The van der Waals surface area contributed by atoms with Crippen LogP contribution in [0.5, 0.6) is 0 Å². The maximum Gasteiger partial charge on any atom is 0.273 e. The molecule has 138 valence electrons. The van der Waals surface area contributed by atoms with Crippen molar-refractivity contribution in [1.29, 1.82) is 0 Å². The van der Waals surface area contributed by atoms with Crippen molar-refractivity contribution in [2.24, 2.45) is 5.92 Å². The molecule has 0 aromatic carbocycles. The zero-order chi connectivity index (χ0) is 18.5. The van der Waals surface area contributed by atoms with E-state index in [0.29, 0.717) is 17.2 Å². The Bertz CT molecular complexity index is 754. The summed E-state index contributed by atoms with van der Waals surface area (Å²) in [5, 5.41) is 5.65. The lowest BCUT2D eigenvalue weighted by molar-refractivity contribution is 0.0787. The molecular weight excluding hydrogens is 348 g/mol. The fraction of sp³-hybridized carbons (Fsp3) is 0.474. The first-order valence-corrected chi connectivity index (χ1v) is 9.88. The number of carbonyl (C=O) groups excluding carboxylic acids is 2. The first kappa shape index (κ1) is 18.5. The van der Waals surface area contributed by atoms with Gasteiger partial charge in [0.2, 0.25) is 0 Å². The topological polar surface area (TPSA) is 75.2 Å². The fourth-order valence-electron chi connectivity index (χ4n) is 3.07. The lowest BCUT2D eigenvalue weighted by Crippen LogP contribution is -2.30. The highest BCUT2D eigenvalue weighted by molar-refractivity contribution is 7.09. The zero-order valence-electron chi connectivity index (χ0n) is 15.1. The molecule has 1 fully saturated rings. The van der Waals surface area contributed by atoms with Crippen molar-refractivity contribution in [3.63, 3.8) is 0 Å². The summed E-state index contributed by atoms with van der Waals surface area (Å²) in [5.41, 5.74) is 1.05. The Hall–Kier alpha value is -2.28. The van der Waals surface area contributed by atoms with Gasteiger partial charge in [0, 0.05) is 36.4 Å². The molecule has 2 amide bonds. The van der Waals surface area contributed by atoms with Gasteiger partial charge in [-0.1, -0.05) is 13.8 Å². The number of rotatable bonds is 6. The van der Waals surface area contributed by atoms with Crippen molar-refractivity contribution >= 4 is 23.2 Å². The van der Waals surface area contributed by atoms with Crippen LogP contribution in [0, 0.1) is 5.92 Å². The van der Waals surface area contributed by atoms with Gasteiger partial charge in [-0.2, -0.15) is 0 Å². The zero-order valence-corrected chi connectivity index (χ0v) is 16.0. The molecule has 0 spiro atoms. The molecule has 0 saturated carbocycles. The van der Waals surface area contributed by atoms with E-state index in [-0.39, 0.29) is 17.9 Å². The van der Waals surface area contributed by atoms with Crippen LogP contribution in [0.4, 0.5) is 0 Å². The predicted molar refractivity (Wildman–Crippen MR) is 101 cm³/mol. The second-order valence-electron chi connectivity index (χ2n) is 6.96. The van der Waals surface area contributed by atoms with Gasteiger partial charge in [-0.15, -0.1) is 11.3 Å². The average molecular weight is 372 g/mol. The van der Waals surface area contributed by atoms with Crippen LogP contribution in [0.15, 0.2) is 29.9 Å². The molecule has 3 rings (SSSR count). The fourth-order valence-corrected chi connectivity index (χ4v) is 3.92. The Morgan fingerprint density at radius 2 is 1.92 bits per heavy atom. The van der Waals surface area contributed by atoms with E-state index in [1.54, 1.807) is 24.5 Å². The van der Waals surface area contributed by atoms with Crippen molar-refractivity contribution < 1.29 is 9.59 Å². The van der Waals surface area contributed by atoms with Crippen LogP contribution in [0.2, 0.25) is 0 Å². The molecule has 1 aliphatic heterocycles. The van der Waals surface area contributed by atoms with Gasteiger partial charge >= 0.3 is 0 Å². The third kappa shape index (κ3) is 4.46. The number of aromatic nitrogens is 2. The smallest absolute Gasteiger partial charge is 0.273 e. The highest BCUT2D eigenvalue weighted by atomic mass is 32.1. The summed E-state index contributed by atoms with van der Waals surface area (Å²) in [5.74, 6) is 0.230. The number of carbonyl (C=O) groups is 2. The van der Waals surface area contributed by atoms with Gasteiger partial charge in [-0.3, -0.25) is 14.6 Å². The van der Waals surface area contributed by atoms with Gasteiger partial charge in [-0.05, 0) is 37.3 Å². The Kier molecular flexibility index (Phi) is 5.98. The number of nitrogens with one attached hydrogen (secondary N) is 1. The van der Waals surface area contributed by atoms with E-state index in [2.05, 4.69) is 29.1 Å². The van der Waals surface area contributed by atoms with E-state index in [1.165, 1.54) is 11.3 Å². The van der Waals surface area contributed by atoms with Crippen LogP contribution < -0.4 is 5.32 Å². The molecule has 6 nitrogen and oxygen atoms in total. The third-order valence-electron chi connectivity index (χ3n) is 4.39. The highest BCUT2D eigenvalue weighted by Gasteiger charge is 2.25. The molecule has 26 heavy (non-hydrogen) atoms. The number of thiazole rings is 1. The van der Waals surface area contributed by atoms with Crippen LogP contribution in [0.1, 0.15) is 65.0 Å². The molecule has 1 saturated heterocycles. The van der Waals surface area contributed by atoms with E-state index < -0.39 is 0 Å². The maximum absolute atomic E-state index is 12.5. The summed E-state index contributed by atoms with van der Waals surface area (Å²) >= 11 is 1.44. The Morgan fingerprint density at radius 3 is 2.58 bits per heavy atom. The largest absolute Gasteiger partial charge is 0.343 e. The third-order valence-corrected chi connectivity index (χ3v) is 5.35. The van der Waals surface area contributed by atoms with Crippen molar-refractivity contribution in [2.75, 3.05) is 13.1 Å². The van der Waals surface area contributed by atoms with Gasteiger partial charge < -0.3 is 10.2 Å². The predicted octanol–water partition coefficient (Wildman–Crippen LogP) is 3.29. The van der Waals surface area contributed by atoms with E-state index in [1.807, 2.05) is 10.3 Å². The van der Waals surface area contributed by atoms with E-state index in [9.17, 15) is 9.59 Å². The first-order chi connectivity index (χ1) is 12.5. The minimum absolute atomic E-state index is 0.00578. The molecule has 1 aliphatic rings. The summed E-state index contributed by atoms with van der Waals surface area (Å²) in [6.07, 6.45) is 6.08. The quantitative estimate of drug-likeness (QED) is 0.844. The molecular formula is C19H24N4O2S. The number of hydrogen-bond acceptors (Lipinski definition) is 5. The number of likely N-dealkylation sites (tertiary alicyclic amines) is 1. The van der Waals surface area contributed by atoms with Crippen molar-refractivity contribution in [3.8, 4) is 0 Å². The average Bonchev–Trinajstić information content (AvgIpc) is 3.33. The van der Waals surface area contributed by atoms with Crippen molar-refractivity contribution in [1.82, 2.24) is 20.2 Å². The summed E-state index contributed by atoms with van der Waals surface area (Å²) in [6, 6.07) is 3.17. The van der Waals surface area contributed by atoms with E-state index >= 15 is 0 Å². The van der Waals surface area contributed by atoms with E-state index in [0.717, 1.165) is 37.4 Å². The van der Waals surface area contributed by atoms with Crippen LogP contribution >= 0.6 is 11.3 Å². The van der Waals surface area contributed by atoms with Gasteiger partial charge in [0.25, 0.3) is 11.8 Å². The molecule has 1 N–H and O–H groups in total. The second-order valence-corrected chi connectivity index (χ2v) is 7.85. The summed E-state index contributed by atoms with van der Waals surface area (Å²) in [7, 11) is 0. The van der Waals surface area contributed by atoms with Gasteiger partial charge in [-0.25, -0.2) is 4.98 Å².